The molecule has 0 aliphatic carbocycles. The average molecular weight is 386 g/mol. The Morgan fingerprint density at radius 2 is 1.32 bits per heavy atom. The lowest BCUT2D eigenvalue weighted by Gasteiger charge is -2.09. The van der Waals surface area contributed by atoms with Crippen molar-refractivity contribution < 1.29 is 29.6 Å². The van der Waals surface area contributed by atoms with Gasteiger partial charge in [-0.25, -0.2) is 0 Å². The Labute approximate surface area is 164 Å². The first-order valence-corrected chi connectivity index (χ1v) is 8.99. The van der Waals surface area contributed by atoms with Crippen LogP contribution in [0.4, 0.5) is 0 Å². The van der Waals surface area contributed by atoms with Crippen LogP contribution in [-0.2, 0) is 17.6 Å². The van der Waals surface area contributed by atoms with Crippen molar-refractivity contribution in [3.05, 3.63) is 58.9 Å². The minimum atomic E-state index is -0.132. The molecule has 0 aliphatic rings. The van der Waals surface area contributed by atoms with Crippen molar-refractivity contribution in [3.63, 3.8) is 0 Å². The molecule has 0 bridgehead atoms. The molecule has 2 aromatic rings. The van der Waals surface area contributed by atoms with Crippen LogP contribution in [0.2, 0.25) is 0 Å². The number of rotatable bonds is 9. The second kappa shape index (κ2) is 9.69. The smallest absolute Gasteiger partial charge is 0.162 e. The van der Waals surface area contributed by atoms with Crippen molar-refractivity contribution in [2.75, 3.05) is 14.2 Å². The fourth-order valence-corrected chi connectivity index (χ4v) is 2.81. The number of allylic oxidation sites excluding steroid dienone is 2. The molecule has 0 fully saturated rings. The molecule has 6 heteroatoms. The summed E-state index contributed by atoms with van der Waals surface area (Å²) in [6.07, 6.45) is 1.56. The molecule has 150 valence electrons. The van der Waals surface area contributed by atoms with Gasteiger partial charge in [0.25, 0.3) is 0 Å². The molecule has 0 amide bonds. The molecule has 0 unspecified atom stereocenters. The molecule has 28 heavy (non-hydrogen) atoms. The van der Waals surface area contributed by atoms with Crippen molar-refractivity contribution in [1.82, 2.24) is 0 Å². The molecular weight excluding hydrogens is 360 g/mol. The number of aromatic hydroxyl groups is 2. The predicted octanol–water partition coefficient (Wildman–Crippen LogP) is 4.08. The number of phenols is 2. The molecule has 0 spiro atoms. The fourth-order valence-electron chi connectivity index (χ4n) is 2.81. The highest BCUT2D eigenvalue weighted by atomic mass is 16.5. The molecule has 0 atom stereocenters. The topological polar surface area (TPSA) is 96.2 Å². The first-order valence-electron chi connectivity index (χ1n) is 8.99. The van der Waals surface area contributed by atoms with Gasteiger partial charge in [0.15, 0.2) is 28.8 Å². The number of Topliss-reactive ketones (excluding diaryl/α,β-unsaturated/α-hetero) is 1. The average Bonchev–Trinajstić information content (AvgIpc) is 2.71. The van der Waals surface area contributed by atoms with Gasteiger partial charge in [0.05, 0.1) is 20.0 Å². The molecule has 6 nitrogen and oxygen atoms in total. The maximum atomic E-state index is 12.4. The minimum Gasteiger partial charge on any atom is -0.512 e. The summed E-state index contributed by atoms with van der Waals surface area (Å²) in [6, 6.07) is 9.96. The Bertz CT molecular complexity index is 869. The Morgan fingerprint density at radius 3 is 1.79 bits per heavy atom. The van der Waals surface area contributed by atoms with Crippen LogP contribution in [0.1, 0.15) is 30.9 Å². The summed E-state index contributed by atoms with van der Waals surface area (Å²) in [5.74, 6) is 0.774. The van der Waals surface area contributed by atoms with Gasteiger partial charge in [-0.3, -0.25) is 4.79 Å². The standard InChI is InChI=1S/C22H26O6/c1-14(17(23)8-4-15-6-10-19(25)21(12-15)27-2)18(24)9-5-16-7-11-20(26)22(13-16)28-3/h6-7,10-13,23,25-26H,4-5,8-9H2,1-3H3/b17-14-. The van der Waals surface area contributed by atoms with Gasteiger partial charge in [-0.2, -0.15) is 0 Å². The third-order valence-electron chi connectivity index (χ3n) is 4.63. The van der Waals surface area contributed by atoms with Crippen LogP contribution in [-0.4, -0.2) is 35.3 Å². The Hall–Kier alpha value is -3.15. The Kier molecular flexibility index (Phi) is 7.32. The number of aliphatic hydroxyl groups is 1. The predicted molar refractivity (Wildman–Crippen MR) is 106 cm³/mol. The molecule has 2 rings (SSSR count). The Morgan fingerprint density at radius 1 is 0.857 bits per heavy atom. The number of hydrogen-bond donors (Lipinski definition) is 3. The van der Waals surface area contributed by atoms with Crippen molar-refractivity contribution in [1.29, 1.82) is 0 Å². The third-order valence-corrected chi connectivity index (χ3v) is 4.63. The van der Waals surface area contributed by atoms with Gasteiger partial charge in [-0.15, -0.1) is 0 Å². The number of aryl methyl sites for hydroxylation is 2. The zero-order chi connectivity index (χ0) is 20.7. The summed E-state index contributed by atoms with van der Waals surface area (Å²) >= 11 is 0. The van der Waals surface area contributed by atoms with E-state index in [0.29, 0.717) is 36.3 Å². The number of methoxy groups -OCH3 is 2. The maximum absolute atomic E-state index is 12.4. The zero-order valence-corrected chi connectivity index (χ0v) is 16.4. The second-order valence-electron chi connectivity index (χ2n) is 6.51. The van der Waals surface area contributed by atoms with E-state index in [-0.39, 0.29) is 29.5 Å². The van der Waals surface area contributed by atoms with E-state index in [1.165, 1.54) is 20.3 Å². The van der Waals surface area contributed by atoms with Crippen LogP contribution in [0, 0.1) is 0 Å². The summed E-state index contributed by atoms with van der Waals surface area (Å²) in [5.41, 5.74) is 2.10. The van der Waals surface area contributed by atoms with Gasteiger partial charge in [-0.05, 0) is 55.2 Å². The summed E-state index contributed by atoms with van der Waals surface area (Å²) < 4.78 is 10.1. The molecule has 0 saturated carbocycles. The van der Waals surface area contributed by atoms with Crippen LogP contribution in [0.3, 0.4) is 0 Å². The highest BCUT2D eigenvalue weighted by Gasteiger charge is 2.12. The second-order valence-corrected chi connectivity index (χ2v) is 6.51. The SMILES string of the molecule is COc1cc(CCC(=O)/C(C)=C(\O)CCc2ccc(O)c(OC)c2)ccc1O. The molecule has 0 saturated heterocycles. The lowest BCUT2D eigenvalue weighted by Crippen LogP contribution is -2.06. The molecule has 0 radical (unpaired) electrons. The van der Waals surface area contributed by atoms with Gasteiger partial charge in [-0.1, -0.05) is 12.1 Å². The number of carbonyl (C=O) groups is 1. The number of carbonyl (C=O) groups excluding carboxylic acids is 1. The van der Waals surface area contributed by atoms with Gasteiger partial charge in [0, 0.05) is 18.4 Å². The molecule has 0 aromatic heterocycles. The lowest BCUT2D eigenvalue weighted by atomic mass is 10.0. The summed E-state index contributed by atoms with van der Waals surface area (Å²) in [7, 11) is 2.95. The van der Waals surface area contributed by atoms with Crippen molar-refractivity contribution >= 4 is 5.78 Å². The number of ketones is 1. The van der Waals surface area contributed by atoms with Crippen LogP contribution < -0.4 is 9.47 Å². The van der Waals surface area contributed by atoms with E-state index in [2.05, 4.69) is 0 Å². The van der Waals surface area contributed by atoms with E-state index in [1.54, 1.807) is 37.3 Å². The van der Waals surface area contributed by atoms with Gasteiger partial charge in [0.2, 0.25) is 0 Å². The maximum Gasteiger partial charge on any atom is 0.162 e. The fraction of sp³-hybridized carbons (Fsp3) is 0.318. The van der Waals surface area contributed by atoms with Crippen molar-refractivity contribution in [2.24, 2.45) is 0 Å². The van der Waals surface area contributed by atoms with Crippen molar-refractivity contribution in [2.45, 2.75) is 32.6 Å². The Balaban J connectivity index is 1.95. The largest absolute Gasteiger partial charge is 0.512 e. The molecule has 0 aliphatic heterocycles. The normalized spacial score (nSPS) is 11.7. The highest BCUT2D eigenvalue weighted by Crippen LogP contribution is 2.28. The van der Waals surface area contributed by atoms with E-state index in [0.717, 1.165) is 11.1 Å². The molecule has 0 heterocycles. The van der Waals surface area contributed by atoms with Crippen LogP contribution in [0.5, 0.6) is 23.0 Å². The molecule has 3 N–H and O–H groups in total. The van der Waals surface area contributed by atoms with E-state index in [1.807, 2.05) is 0 Å². The van der Waals surface area contributed by atoms with E-state index < -0.39 is 0 Å². The molecular formula is C22H26O6. The van der Waals surface area contributed by atoms with Gasteiger partial charge < -0.3 is 24.8 Å². The summed E-state index contributed by atoms with van der Waals surface area (Å²) in [5, 5.41) is 29.5. The number of benzene rings is 2. The van der Waals surface area contributed by atoms with E-state index in [9.17, 15) is 20.1 Å². The first-order chi connectivity index (χ1) is 13.3. The minimum absolute atomic E-state index is 0.0529. The quantitative estimate of drug-likeness (QED) is 0.444. The highest BCUT2D eigenvalue weighted by molar-refractivity contribution is 5.95. The van der Waals surface area contributed by atoms with Gasteiger partial charge >= 0.3 is 0 Å². The lowest BCUT2D eigenvalue weighted by molar-refractivity contribution is -0.115. The zero-order valence-electron chi connectivity index (χ0n) is 16.4. The van der Waals surface area contributed by atoms with E-state index >= 15 is 0 Å². The van der Waals surface area contributed by atoms with E-state index in [4.69, 9.17) is 9.47 Å². The first kappa shape index (κ1) is 21.2. The number of phenolic OH excluding ortho intramolecular Hbond substituents is 2. The monoisotopic (exact) mass is 386 g/mol. The van der Waals surface area contributed by atoms with Crippen molar-refractivity contribution in [3.8, 4) is 23.0 Å². The summed E-state index contributed by atoms with van der Waals surface area (Å²) in [6.45, 7) is 1.62. The molecule has 2 aromatic carbocycles. The van der Waals surface area contributed by atoms with Crippen LogP contribution >= 0.6 is 0 Å². The third kappa shape index (κ3) is 5.42. The number of hydrogen-bond acceptors (Lipinski definition) is 6. The number of aliphatic hydroxyl groups excluding tert-OH is 1. The van der Waals surface area contributed by atoms with Crippen LogP contribution in [0.15, 0.2) is 47.7 Å². The number of ether oxygens (including phenoxy) is 2. The van der Waals surface area contributed by atoms with Gasteiger partial charge in [0.1, 0.15) is 0 Å². The van der Waals surface area contributed by atoms with Crippen LogP contribution in [0.25, 0.3) is 0 Å². The summed E-state index contributed by atoms with van der Waals surface area (Å²) in [4.78, 5) is 12.4.